The van der Waals surface area contributed by atoms with E-state index in [9.17, 15) is 0 Å². The highest BCUT2D eigenvalue weighted by Gasteiger charge is 2.15. The minimum Gasteiger partial charge on any atom is -0.469 e. The molecule has 0 aliphatic heterocycles. The zero-order chi connectivity index (χ0) is 13.4. The minimum absolute atomic E-state index is 0.352. The van der Waals surface area contributed by atoms with Gasteiger partial charge in [-0.3, -0.25) is 0 Å². The molecule has 0 radical (unpaired) electrons. The number of anilines is 1. The Morgan fingerprint density at radius 2 is 2.05 bits per heavy atom. The van der Waals surface area contributed by atoms with E-state index in [-0.39, 0.29) is 0 Å². The van der Waals surface area contributed by atoms with Crippen LogP contribution in [0, 0.1) is 6.92 Å². The van der Waals surface area contributed by atoms with Gasteiger partial charge in [-0.2, -0.15) is 4.98 Å². The van der Waals surface area contributed by atoms with Crippen LogP contribution in [-0.2, 0) is 0 Å². The fourth-order valence-electron chi connectivity index (χ4n) is 1.79. The summed E-state index contributed by atoms with van der Waals surface area (Å²) in [6.45, 7) is 1.84. The van der Waals surface area contributed by atoms with E-state index >= 15 is 0 Å². The lowest BCUT2D eigenvalue weighted by molar-refractivity contribution is 0.432. The highest BCUT2D eigenvalue weighted by atomic mass is 35.5. The van der Waals surface area contributed by atoms with Crippen molar-refractivity contribution in [2.45, 2.75) is 6.92 Å². The number of rotatable bonds is 2. The average Bonchev–Trinajstić information content (AvgIpc) is 2.97. The van der Waals surface area contributed by atoms with E-state index in [1.807, 2.05) is 6.92 Å². The van der Waals surface area contributed by atoms with Gasteiger partial charge in [0.25, 0.3) is 5.89 Å². The molecule has 0 aliphatic rings. The lowest BCUT2D eigenvalue weighted by Gasteiger charge is -1.99. The second kappa shape index (κ2) is 4.44. The van der Waals surface area contributed by atoms with Gasteiger partial charge in [0.15, 0.2) is 0 Å². The number of hydrogen-bond donors (Lipinski definition) is 1. The van der Waals surface area contributed by atoms with Crippen LogP contribution in [0.2, 0.25) is 5.02 Å². The maximum absolute atomic E-state index is 5.88. The number of nitrogens with zero attached hydrogens (tertiary/aromatic N) is 2. The van der Waals surface area contributed by atoms with Gasteiger partial charge in [-0.1, -0.05) is 16.8 Å². The van der Waals surface area contributed by atoms with Gasteiger partial charge in [0.1, 0.15) is 5.76 Å². The molecule has 0 atom stereocenters. The van der Waals surface area contributed by atoms with E-state index in [1.165, 1.54) is 0 Å². The van der Waals surface area contributed by atoms with Crippen LogP contribution in [0.15, 0.2) is 39.5 Å². The zero-order valence-corrected chi connectivity index (χ0v) is 10.8. The summed E-state index contributed by atoms with van der Waals surface area (Å²) in [4.78, 5) is 4.31. The molecule has 0 unspecified atom stereocenters. The van der Waals surface area contributed by atoms with E-state index in [2.05, 4.69) is 10.1 Å². The fourth-order valence-corrected chi connectivity index (χ4v) is 1.97. The van der Waals surface area contributed by atoms with Crippen molar-refractivity contribution in [3.63, 3.8) is 0 Å². The number of halogens is 1. The van der Waals surface area contributed by atoms with Crippen molar-refractivity contribution >= 4 is 17.3 Å². The summed E-state index contributed by atoms with van der Waals surface area (Å²) < 4.78 is 10.4. The van der Waals surface area contributed by atoms with Crippen molar-refractivity contribution < 1.29 is 8.94 Å². The predicted octanol–water partition coefficient (Wildman–Crippen LogP) is 3.54. The van der Waals surface area contributed by atoms with Gasteiger partial charge < -0.3 is 14.7 Å². The number of aryl methyl sites for hydroxylation is 1. The maximum Gasteiger partial charge on any atom is 0.260 e. The molecule has 3 aromatic rings. The van der Waals surface area contributed by atoms with Crippen LogP contribution in [-0.4, -0.2) is 10.1 Å². The van der Waals surface area contributed by atoms with Crippen LogP contribution >= 0.6 is 11.6 Å². The van der Waals surface area contributed by atoms with Gasteiger partial charge in [-0.25, -0.2) is 0 Å². The number of aromatic nitrogens is 2. The van der Waals surface area contributed by atoms with Crippen molar-refractivity contribution in [2.24, 2.45) is 0 Å². The smallest absolute Gasteiger partial charge is 0.260 e. The number of nitrogens with two attached hydrogens (primary N) is 1. The molecule has 0 saturated carbocycles. The summed E-state index contributed by atoms with van der Waals surface area (Å²) in [5.74, 6) is 1.55. The molecule has 0 spiro atoms. The minimum atomic E-state index is 0.352. The third-order valence-corrected chi connectivity index (χ3v) is 3.00. The van der Waals surface area contributed by atoms with Gasteiger partial charge in [0, 0.05) is 10.7 Å². The molecule has 96 valence electrons. The van der Waals surface area contributed by atoms with E-state index in [4.69, 9.17) is 26.3 Å². The standard InChI is InChI=1S/C13H10ClN3O2/c1-7-9(4-5-18-7)12-16-13(19-17-12)10-3-2-8(14)6-11(10)15/h2-6H,15H2,1H3. The van der Waals surface area contributed by atoms with Gasteiger partial charge in [-0.15, -0.1) is 0 Å². The Labute approximate surface area is 114 Å². The first-order valence-corrected chi connectivity index (χ1v) is 5.96. The molecular weight excluding hydrogens is 266 g/mol. The molecule has 6 heteroatoms. The maximum atomic E-state index is 5.88. The van der Waals surface area contributed by atoms with E-state index in [0.717, 1.165) is 11.3 Å². The molecule has 0 bridgehead atoms. The Balaban J connectivity index is 2.04. The molecule has 0 amide bonds. The molecular formula is C13H10ClN3O2. The van der Waals surface area contributed by atoms with Gasteiger partial charge in [0.05, 0.1) is 17.4 Å². The molecule has 2 aromatic heterocycles. The van der Waals surface area contributed by atoms with Crippen molar-refractivity contribution in [1.82, 2.24) is 10.1 Å². The molecule has 1 aromatic carbocycles. The first-order chi connectivity index (χ1) is 9.15. The zero-order valence-electron chi connectivity index (χ0n) is 10.1. The summed E-state index contributed by atoms with van der Waals surface area (Å²) in [5, 5.41) is 4.49. The molecule has 5 nitrogen and oxygen atoms in total. The molecule has 0 saturated heterocycles. The fraction of sp³-hybridized carbons (Fsp3) is 0.0769. The van der Waals surface area contributed by atoms with Crippen molar-refractivity contribution in [3.8, 4) is 22.8 Å². The number of benzene rings is 1. The first-order valence-electron chi connectivity index (χ1n) is 5.59. The lowest BCUT2D eigenvalue weighted by Crippen LogP contribution is -1.90. The van der Waals surface area contributed by atoms with Crippen LogP contribution in [0.5, 0.6) is 0 Å². The van der Waals surface area contributed by atoms with Gasteiger partial charge >= 0.3 is 0 Å². The Hall–Kier alpha value is -2.27. The van der Waals surface area contributed by atoms with Crippen molar-refractivity contribution in [3.05, 3.63) is 41.3 Å². The summed E-state index contributed by atoms with van der Waals surface area (Å²) in [6, 6.07) is 6.90. The van der Waals surface area contributed by atoms with E-state index in [0.29, 0.717) is 28.0 Å². The van der Waals surface area contributed by atoms with E-state index in [1.54, 1.807) is 30.5 Å². The van der Waals surface area contributed by atoms with Crippen LogP contribution in [0.1, 0.15) is 5.76 Å². The molecule has 19 heavy (non-hydrogen) atoms. The number of furan rings is 1. The highest BCUT2D eigenvalue weighted by Crippen LogP contribution is 2.29. The van der Waals surface area contributed by atoms with Crippen LogP contribution in [0.4, 0.5) is 5.69 Å². The lowest BCUT2D eigenvalue weighted by atomic mass is 10.2. The number of nitrogen functional groups attached to an aromatic ring is 1. The second-order valence-electron chi connectivity index (χ2n) is 4.05. The summed E-state index contributed by atoms with van der Waals surface area (Å²) >= 11 is 5.85. The monoisotopic (exact) mass is 275 g/mol. The molecule has 2 N–H and O–H groups in total. The predicted molar refractivity (Wildman–Crippen MR) is 71.6 cm³/mol. The third kappa shape index (κ3) is 2.08. The molecule has 0 aliphatic carbocycles. The Bertz CT molecular complexity index is 733. The summed E-state index contributed by atoms with van der Waals surface area (Å²) in [6.07, 6.45) is 1.58. The van der Waals surface area contributed by atoms with Crippen molar-refractivity contribution in [1.29, 1.82) is 0 Å². The Morgan fingerprint density at radius 3 is 2.74 bits per heavy atom. The Morgan fingerprint density at radius 1 is 1.21 bits per heavy atom. The Kier molecular flexibility index (Phi) is 2.76. The van der Waals surface area contributed by atoms with Gasteiger partial charge in [-0.05, 0) is 31.2 Å². The van der Waals surface area contributed by atoms with Crippen molar-refractivity contribution in [2.75, 3.05) is 5.73 Å². The molecule has 2 heterocycles. The van der Waals surface area contributed by atoms with E-state index < -0.39 is 0 Å². The molecule has 0 fully saturated rings. The summed E-state index contributed by atoms with van der Waals surface area (Å²) in [7, 11) is 0. The van der Waals surface area contributed by atoms with Gasteiger partial charge in [0.2, 0.25) is 5.82 Å². The SMILES string of the molecule is Cc1occc1-c1noc(-c2ccc(Cl)cc2N)n1. The largest absolute Gasteiger partial charge is 0.469 e. The normalized spacial score (nSPS) is 10.8. The van der Waals surface area contributed by atoms with Crippen LogP contribution < -0.4 is 5.73 Å². The third-order valence-electron chi connectivity index (χ3n) is 2.77. The number of hydrogen-bond acceptors (Lipinski definition) is 5. The average molecular weight is 276 g/mol. The second-order valence-corrected chi connectivity index (χ2v) is 4.48. The first kappa shape index (κ1) is 11.8. The highest BCUT2D eigenvalue weighted by molar-refractivity contribution is 6.31. The van der Waals surface area contributed by atoms with Crippen LogP contribution in [0.3, 0.4) is 0 Å². The topological polar surface area (TPSA) is 78.1 Å². The quantitative estimate of drug-likeness (QED) is 0.724. The van der Waals surface area contributed by atoms with Crippen LogP contribution in [0.25, 0.3) is 22.8 Å². The molecule has 3 rings (SSSR count). The summed E-state index contributed by atoms with van der Waals surface area (Å²) in [5.41, 5.74) is 7.82.